The molecule has 182 valence electrons. The Morgan fingerprint density at radius 2 is 1.50 bits per heavy atom. The third kappa shape index (κ3) is 11.1. The van der Waals surface area contributed by atoms with Crippen molar-refractivity contribution in [2.45, 2.75) is 65.3 Å². The second kappa shape index (κ2) is 16.7. The first kappa shape index (κ1) is 28.2. The highest BCUT2D eigenvalue weighted by atomic mass is 28.4. The number of unbranched alkanes of at least 4 members (excludes halogenated alkanes) is 5. The number of carbonyl (C=O) groups is 1. The summed E-state index contributed by atoms with van der Waals surface area (Å²) in [5, 5.41) is 8.73. The van der Waals surface area contributed by atoms with Crippen LogP contribution in [-0.2, 0) is 18.1 Å². The van der Waals surface area contributed by atoms with Crippen LogP contribution in [0, 0.1) is 0 Å². The molecule has 0 saturated carbocycles. The largest absolute Gasteiger partial charge is 0.500 e. The van der Waals surface area contributed by atoms with Gasteiger partial charge >= 0.3 is 14.8 Å². The van der Waals surface area contributed by atoms with E-state index in [-0.39, 0.29) is 0 Å². The van der Waals surface area contributed by atoms with Gasteiger partial charge in [-0.05, 0) is 57.4 Å². The minimum Gasteiger partial charge on any atom is -0.493 e. The fourth-order valence-electron chi connectivity index (χ4n) is 3.41. The maximum atomic E-state index is 10.6. The maximum absolute atomic E-state index is 10.6. The zero-order valence-corrected chi connectivity index (χ0v) is 21.1. The Bertz CT molecular complexity index is 661. The van der Waals surface area contributed by atoms with Gasteiger partial charge in [-0.3, -0.25) is 0 Å². The van der Waals surface area contributed by atoms with Crippen LogP contribution >= 0.6 is 0 Å². The van der Waals surface area contributed by atoms with E-state index in [0.29, 0.717) is 37.9 Å². The molecule has 0 aliphatic carbocycles. The van der Waals surface area contributed by atoms with Gasteiger partial charge in [-0.25, -0.2) is 4.79 Å². The predicted molar refractivity (Wildman–Crippen MR) is 128 cm³/mol. The first-order chi connectivity index (χ1) is 15.5. The molecule has 0 aliphatic heterocycles. The van der Waals surface area contributed by atoms with E-state index in [1.165, 1.54) is 12.5 Å². The van der Waals surface area contributed by atoms with E-state index in [1.807, 2.05) is 32.9 Å². The Hall–Kier alpha value is -1.87. The van der Waals surface area contributed by atoms with Gasteiger partial charge in [0.05, 0.1) is 13.7 Å². The van der Waals surface area contributed by atoms with Gasteiger partial charge in [0.25, 0.3) is 0 Å². The van der Waals surface area contributed by atoms with E-state index in [1.54, 1.807) is 13.2 Å². The highest BCUT2D eigenvalue weighted by Gasteiger charge is 2.39. The SMILES string of the molecule is CCO[Si](CCCCCCCCOc1ccc(C=CC(=O)O)cc1OC)(OCC)OCC. The molecule has 0 atom stereocenters. The molecule has 0 aromatic heterocycles. The Morgan fingerprint density at radius 1 is 0.906 bits per heavy atom. The van der Waals surface area contributed by atoms with Crippen molar-refractivity contribution in [1.82, 2.24) is 0 Å². The van der Waals surface area contributed by atoms with Gasteiger partial charge in [0.15, 0.2) is 11.5 Å². The summed E-state index contributed by atoms with van der Waals surface area (Å²) in [5.41, 5.74) is 0.752. The summed E-state index contributed by atoms with van der Waals surface area (Å²) >= 11 is 0. The number of hydrogen-bond donors (Lipinski definition) is 1. The highest BCUT2D eigenvalue weighted by Crippen LogP contribution is 2.29. The van der Waals surface area contributed by atoms with Crippen molar-refractivity contribution in [3.05, 3.63) is 29.8 Å². The van der Waals surface area contributed by atoms with E-state index in [9.17, 15) is 4.79 Å². The average molecular weight is 469 g/mol. The van der Waals surface area contributed by atoms with Crippen molar-refractivity contribution >= 4 is 20.8 Å². The Labute approximate surface area is 194 Å². The average Bonchev–Trinajstić information content (AvgIpc) is 2.77. The molecular formula is C24H40O7Si. The Kier molecular flexibility index (Phi) is 14.7. The number of methoxy groups -OCH3 is 1. The van der Waals surface area contributed by atoms with Crippen LogP contribution in [0.5, 0.6) is 11.5 Å². The summed E-state index contributed by atoms with van der Waals surface area (Å²) in [6, 6.07) is 6.27. The van der Waals surface area contributed by atoms with Gasteiger partial charge in [-0.15, -0.1) is 0 Å². The lowest BCUT2D eigenvalue weighted by molar-refractivity contribution is -0.131. The molecule has 0 radical (unpaired) electrons. The van der Waals surface area contributed by atoms with E-state index < -0.39 is 14.8 Å². The summed E-state index contributed by atoms with van der Waals surface area (Å²) in [5.74, 6) is 0.288. The van der Waals surface area contributed by atoms with Crippen LogP contribution in [0.1, 0.15) is 64.9 Å². The van der Waals surface area contributed by atoms with Crippen molar-refractivity contribution < 1.29 is 32.7 Å². The normalized spacial score (nSPS) is 11.8. The second-order valence-electron chi connectivity index (χ2n) is 7.28. The van der Waals surface area contributed by atoms with Gasteiger partial charge in [0.2, 0.25) is 0 Å². The fourth-order valence-corrected chi connectivity index (χ4v) is 6.09. The maximum Gasteiger partial charge on any atom is 0.500 e. The van der Waals surface area contributed by atoms with Crippen molar-refractivity contribution in [1.29, 1.82) is 0 Å². The van der Waals surface area contributed by atoms with Crippen molar-refractivity contribution in [3.63, 3.8) is 0 Å². The topological polar surface area (TPSA) is 83.5 Å². The molecule has 32 heavy (non-hydrogen) atoms. The number of carboxylic acids is 1. The third-order valence-electron chi connectivity index (χ3n) is 4.83. The molecule has 1 rings (SSSR count). The van der Waals surface area contributed by atoms with E-state index in [2.05, 4.69) is 0 Å². The van der Waals surface area contributed by atoms with Crippen LogP contribution in [0.4, 0.5) is 0 Å². The minimum atomic E-state index is -2.50. The highest BCUT2D eigenvalue weighted by molar-refractivity contribution is 6.60. The van der Waals surface area contributed by atoms with Crippen LogP contribution < -0.4 is 9.47 Å². The molecule has 8 heteroatoms. The van der Waals surface area contributed by atoms with Crippen LogP contribution in [0.15, 0.2) is 24.3 Å². The molecule has 1 aromatic rings. The third-order valence-corrected chi connectivity index (χ3v) is 7.99. The number of rotatable bonds is 19. The molecule has 1 aromatic carbocycles. The zero-order valence-electron chi connectivity index (χ0n) is 20.1. The van der Waals surface area contributed by atoms with Crippen molar-refractivity contribution in [2.75, 3.05) is 33.5 Å². The molecular weight excluding hydrogens is 428 g/mol. The molecule has 0 spiro atoms. The molecule has 0 saturated heterocycles. The number of hydrogen-bond acceptors (Lipinski definition) is 6. The molecule has 0 amide bonds. The molecule has 0 fully saturated rings. The number of aliphatic carboxylic acids is 1. The number of carboxylic acid groups (broad SMARTS) is 1. The lowest BCUT2D eigenvalue weighted by Gasteiger charge is -2.28. The van der Waals surface area contributed by atoms with Gasteiger partial charge in [-0.2, -0.15) is 0 Å². The van der Waals surface area contributed by atoms with Crippen LogP contribution in [-0.4, -0.2) is 53.4 Å². The van der Waals surface area contributed by atoms with Gasteiger partial charge in [0, 0.05) is 31.9 Å². The molecule has 1 N–H and O–H groups in total. The monoisotopic (exact) mass is 468 g/mol. The number of ether oxygens (including phenoxy) is 2. The van der Waals surface area contributed by atoms with Crippen molar-refractivity contribution in [2.24, 2.45) is 0 Å². The number of benzene rings is 1. The van der Waals surface area contributed by atoms with E-state index in [4.69, 9.17) is 27.9 Å². The molecule has 0 bridgehead atoms. The van der Waals surface area contributed by atoms with Crippen LogP contribution in [0.2, 0.25) is 6.04 Å². The lowest BCUT2D eigenvalue weighted by Crippen LogP contribution is -2.45. The van der Waals surface area contributed by atoms with Crippen molar-refractivity contribution in [3.8, 4) is 11.5 Å². The predicted octanol–water partition coefficient (Wildman–Crippen LogP) is 5.56. The summed E-state index contributed by atoms with van der Waals surface area (Å²) in [6.07, 6.45) is 9.23. The van der Waals surface area contributed by atoms with Crippen LogP contribution in [0.25, 0.3) is 6.08 Å². The minimum absolute atomic E-state index is 0.600. The summed E-state index contributed by atoms with van der Waals surface area (Å²) < 4.78 is 28.9. The Morgan fingerprint density at radius 3 is 2.06 bits per heavy atom. The van der Waals surface area contributed by atoms with Crippen LogP contribution in [0.3, 0.4) is 0 Å². The Balaban J connectivity index is 2.27. The first-order valence-electron chi connectivity index (χ1n) is 11.6. The molecule has 7 nitrogen and oxygen atoms in total. The molecule has 0 aliphatic rings. The van der Waals surface area contributed by atoms with E-state index in [0.717, 1.165) is 49.8 Å². The fraction of sp³-hybridized carbons (Fsp3) is 0.625. The van der Waals surface area contributed by atoms with Gasteiger partial charge < -0.3 is 27.9 Å². The summed E-state index contributed by atoms with van der Waals surface area (Å²) in [6.45, 7) is 8.46. The molecule has 0 heterocycles. The second-order valence-corrected chi connectivity index (χ2v) is 10.0. The standard InChI is InChI=1S/C24H40O7Si/c1-5-29-32(30-6-2,31-7-3)19-13-11-9-8-10-12-18-28-22-16-14-21(15-17-24(25)26)20-23(22)27-4/h14-17,20H,5-13,18-19H2,1-4H3,(H,25,26). The molecule has 0 unspecified atom stereocenters. The van der Waals surface area contributed by atoms with E-state index >= 15 is 0 Å². The van der Waals surface area contributed by atoms with Gasteiger partial charge in [0.1, 0.15) is 0 Å². The zero-order chi connectivity index (χ0) is 23.7. The first-order valence-corrected chi connectivity index (χ1v) is 13.6. The smallest absolute Gasteiger partial charge is 0.493 e. The summed E-state index contributed by atoms with van der Waals surface area (Å²) in [7, 11) is -0.927. The summed E-state index contributed by atoms with van der Waals surface area (Å²) in [4.78, 5) is 10.6. The lowest BCUT2D eigenvalue weighted by atomic mass is 10.1. The van der Waals surface area contributed by atoms with Gasteiger partial charge in [-0.1, -0.05) is 31.7 Å². The quantitative estimate of drug-likeness (QED) is 0.162.